The van der Waals surface area contributed by atoms with Crippen LogP contribution in [0.5, 0.6) is 5.75 Å². The molecule has 7 nitrogen and oxygen atoms in total. The third-order valence-electron chi connectivity index (χ3n) is 9.40. The number of carbonyl (C=O) groups is 2. The van der Waals surface area contributed by atoms with Gasteiger partial charge in [0.05, 0.1) is 37.0 Å². The van der Waals surface area contributed by atoms with E-state index in [0.717, 1.165) is 80.1 Å². The quantitative estimate of drug-likeness (QED) is 0.232. The lowest BCUT2D eigenvalue weighted by Gasteiger charge is -2.45. The third-order valence-corrected chi connectivity index (χ3v) is 9.64. The van der Waals surface area contributed by atoms with Crippen molar-refractivity contribution in [3.63, 3.8) is 0 Å². The van der Waals surface area contributed by atoms with Crippen molar-refractivity contribution in [1.29, 1.82) is 0 Å². The van der Waals surface area contributed by atoms with Crippen molar-refractivity contribution in [2.75, 3.05) is 38.8 Å². The maximum absolute atomic E-state index is 12.5. The number of carbonyl (C=O) groups excluding carboxylic acids is 2. The Labute approximate surface area is 260 Å². The molecule has 2 aromatic rings. The second kappa shape index (κ2) is 14.6. The standard InChI is InChI=1S/C35H44ClNO6/c1-4-42-35(39)24-10-8-23(9-11-24)33(40-2)30-16-13-27(30)21-37-18-6-5-7-25-19-29(36)15-12-28(25)22-43-32-17-14-26(20-31(32)37)34(38)41-3/h8,12,14-15,17,19-20,24,27,30,33H,4-7,9-11,13,16,18,21-22H2,1-3H3/t24?,27-,30+,33?/m0/s1. The number of hydrogen-bond acceptors (Lipinski definition) is 7. The summed E-state index contributed by atoms with van der Waals surface area (Å²) in [5.74, 6) is 1.08. The van der Waals surface area contributed by atoms with Crippen molar-refractivity contribution < 1.29 is 28.5 Å². The van der Waals surface area contributed by atoms with Gasteiger partial charge in [-0.3, -0.25) is 4.79 Å². The zero-order valence-electron chi connectivity index (χ0n) is 25.6. The molecule has 1 saturated carbocycles. The molecule has 1 fully saturated rings. The Bertz CT molecular complexity index is 1330. The van der Waals surface area contributed by atoms with Gasteiger partial charge in [0.15, 0.2) is 0 Å². The predicted molar refractivity (Wildman–Crippen MR) is 168 cm³/mol. The Morgan fingerprint density at radius 3 is 2.60 bits per heavy atom. The third kappa shape index (κ3) is 7.38. The Morgan fingerprint density at radius 2 is 1.91 bits per heavy atom. The largest absolute Gasteiger partial charge is 0.487 e. The first kappa shape index (κ1) is 31.4. The maximum atomic E-state index is 12.5. The van der Waals surface area contributed by atoms with Gasteiger partial charge in [0.25, 0.3) is 0 Å². The first-order valence-corrected chi connectivity index (χ1v) is 16.0. The van der Waals surface area contributed by atoms with Crippen molar-refractivity contribution >= 4 is 29.2 Å². The van der Waals surface area contributed by atoms with E-state index < -0.39 is 0 Å². The molecule has 2 aromatic carbocycles. The van der Waals surface area contributed by atoms with E-state index in [-0.39, 0.29) is 24.0 Å². The highest BCUT2D eigenvalue weighted by Crippen LogP contribution is 2.44. The minimum Gasteiger partial charge on any atom is -0.487 e. The van der Waals surface area contributed by atoms with Crippen LogP contribution < -0.4 is 9.64 Å². The van der Waals surface area contributed by atoms with Crippen LogP contribution in [0.15, 0.2) is 48.0 Å². The van der Waals surface area contributed by atoms with Gasteiger partial charge in [-0.2, -0.15) is 0 Å². The first-order chi connectivity index (χ1) is 20.9. The van der Waals surface area contributed by atoms with Crippen molar-refractivity contribution in [2.45, 2.75) is 71.0 Å². The molecular formula is C35H44ClNO6. The molecule has 8 heteroatoms. The number of rotatable bonds is 8. The van der Waals surface area contributed by atoms with Gasteiger partial charge in [-0.15, -0.1) is 0 Å². The Hall–Kier alpha value is -3.03. The summed E-state index contributed by atoms with van der Waals surface area (Å²) in [6.07, 6.45) is 9.84. The highest BCUT2D eigenvalue weighted by Gasteiger charge is 2.41. The number of halogens is 1. The van der Waals surface area contributed by atoms with Gasteiger partial charge in [-0.05, 0) is 117 Å². The number of benzene rings is 2. The molecule has 0 saturated heterocycles. The van der Waals surface area contributed by atoms with Crippen molar-refractivity contribution in [2.24, 2.45) is 17.8 Å². The summed E-state index contributed by atoms with van der Waals surface area (Å²) in [5.41, 5.74) is 5.10. The van der Waals surface area contributed by atoms with Crippen LogP contribution in [0.2, 0.25) is 5.02 Å². The molecule has 0 bridgehead atoms. The molecule has 232 valence electrons. The molecule has 0 spiro atoms. The lowest BCUT2D eigenvalue weighted by molar-refractivity contribution is -0.148. The number of fused-ring (bicyclic) bond motifs is 2. The SMILES string of the molecule is CCOC(=O)C1CC=C(C(OC)[C@@H]2CC[C@H]2CN2CCCCc3cc(Cl)ccc3COc3ccc(C(=O)OC)cc32)CC1. The Morgan fingerprint density at radius 1 is 1.05 bits per heavy atom. The van der Waals surface area contributed by atoms with Gasteiger partial charge >= 0.3 is 11.9 Å². The monoisotopic (exact) mass is 609 g/mol. The summed E-state index contributed by atoms with van der Waals surface area (Å²) in [4.78, 5) is 27.2. The van der Waals surface area contributed by atoms with Crippen molar-refractivity contribution in [3.05, 3.63) is 69.8 Å². The molecule has 1 heterocycles. The van der Waals surface area contributed by atoms with Gasteiger partial charge in [0.2, 0.25) is 0 Å². The number of esters is 2. The summed E-state index contributed by atoms with van der Waals surface area (Å²) in [5, 5.41) is 0.742. The van der Waals surface area contributed by atoms with Crippen LogP contribution in [0, 0.1) is 17.8 Å². The zero-order valence-corrected chi connectivity index (χ0v) is 26.4. The molecule has 1 aliphatic heterocycles. The van der Waals surface area contributed by atoms with E-state index in [2.05, 4.69) is 23.1 Å². The summed E-state index contributed by atoms with van der Waals surface area (Å²) in [6.45, 7) is 4.41. The van der Waals surface area contributed by atoms with E-state index in [1.54, 1.807) is 13.2 Å². The fraction of sp³-hybridized carbons (Fsp3) is 0.543. The van der Waals surface area contributed by atoms with E-state index in [4.69, 9.17) is 30.5 Å². The number of hydrogen-bond donors (Lipinski definition) is 0. The Balaban J connectivity index is 1.36. The molecule has 0 N–H and O–H groups in total. The molecule has 5 rings (SSSR count). The van der Waals surface area contributed by atoms with E-state index in [0.29, 0.717) is 37.0 Å². The number of methoxy groups -OCH3 is 2. The van der Waals surface area contributed by atoms with Gasteiger partial charge < -0.3 is 23.8 Å². The normalized spacial score (nSPS) is 22.8. The molecule has 2 unspecified atom stereocenters. The van der Waals surface area contributed by atoms with Crippen LogP contribution in [-0.4, -0.2) is 52.0 Å². The van der Waals surface area contributed by atoms with Gasteiger partial charge in [-0.1, -0.05) is 23.7 Å². The second-order valence-corrected chi connectivity index (χ2v) is 12.4. The molecule has 2 aliphatic carbocycles. The first-order valence-electron chi connectivity index (χ1n) is 15.7. The molecule has 4 atom stereocenters. The number of allylic oxidation sites excluding steroid dienone is 1. The smallest absolute Gasteiger partial charge is 0.337 e. The van der Waals surface area contributed by atoms with Crippen LogP contribution in [-0.2, 0) is 32.0 Å². The fourth-order valence-electron chi connectivity index (χ4n) is 6.87. The summed E-state index contributed by atoms with van der Waals surface area (Å²) in [6, 6.07) is 11.6. The summed E-state index contributed by atoms with van der Waals surface area (Å²) < 4.78 is 22.9. The van der Waals surface area contributed by atoms with Crippen molar-refractivity contribution in [3.8, 4) is 5.75 Å². The molecule has 3 aliphatic rings. The highest BCUT2D eigenvalue weighted by atomic mass is 35.5. The zero-order chi connectivity index (χ0) is 30.3. The van der Waals surface area contributed by atoms with E-state index in [9.17, 15) is 9.59 Å². The topological polar surface area (TPSA) is 74.3 Å². The number of anilines is 1. The van der Waals surface area contributed by atoms with Crippen LogP contribution in [0.25, 0.3) is 0 Å². The number of ether oxygens (including phenoxy) is 4. The lowest BCUT2D eigenvalue weighted by atomic mass is 9.67. The van der Waals surface area contributed by atoms with E-state index in [1.165, 1.54) is 18.2 Å². The number of aryl methyl sites for hydroxylation is 1. The maximum Gasteiger partial charge on any atom is 0.337 e. The van der Waals surface area contributed by atoms with Gasteiger partial charge in [-0.25, -0.2) is 4.79 Å². The average molecular weight is 610 g/mol. The average Bonchev–Trinajstić information content (AvgIpc) is 3.04. The van der Waals surface area contributed by atoms with Gasteiger partial charge in [0, 0.05) is 25.2 Å². The lowest BCUT2D eigenvalue weighted by Crippen LogP contribution is -2.45. The molecule has 0 aromatic heterocycles. The van der Waals surface area contributed by atoms with Crippen LogP contribution in [0.3, 0.4) is 0 Å². The van der Waals surface area contributed by atoms with Gasteiger partial charge in [0.1, 0.15) is 12.4 Å². The predicted octanol–water partition coefficient (Wildman–Crippen LogP) is 7.18. The number of nitrogens with zero attached hydrogens (tertiary/aromatic N) is 1. The Kier molecular flexibility index (Phi) is 10.7. The van der Waals surface area contributed by atoms with Crippen LogP contribution in [0.1, 0.15) is 73.4 Å². The van der Waals surface area contributed by atoms with E-state index in [1.807, 2.05) is 25.1 Å². The summed E-state index contributed by atoms with van der Waals surface area (Å²) >= 11 is 6.33. The fourth-order valence-corrected chi connectivity index (χ4v) is 7.07. The second-order valence-electron chi connectivity index (χ2n) is 11.9. The molecular weight excluding hydrogens is 566 g/mol. The summed E-state index contributed by atoms with van der Waals surface area (Å²) in [7, 11) is 3.22. The molecule has 0 radical (unpaired) electrons. The minimum absolute atomic E-state index is 0.0437. The van der Waals surface area contributed by atoms with E-state index >= 15 is 0 Å². The van der Waals surface area contributed by atoms with Crippen LogP contribution in [0.4, 0.5) is 5.69 Å². The van der Waals surface area contributed by atoms with Crippen molar-refractivity contribution in [1.82, 2.24) is 0 Å². The highest BCUT2D eigenvalue weighted by molar-refractivity contribution is 6.30. The molecule has 43 heavy (non-hydrogen) atoms. The minimum atomic E-state index is -0.358. The molecule has 0 amide bonds. The van der Waals surface area contributed by atoms with Crippen LogP contribution >= 0.6 is 11.6 Å².